The first-order valence-corrected chi connectivity index (χ1v) is 13.5. The molecule has 188 valence electrons. The molecule has 0 bridgehead atoms. The molecule has 3 heterocycles. The molecule has 5 rings (SSSR count). The molecule has 0 aliphatic carbocycles. The number of methoxy groups -OCH3 is 3. The number of nitrogens with zero attached hydrogens (tertiary/aromatic N) is 2. The van der Waals surface area contributed by atoms with Gasteiger partial charge >= 0.3 is 0 Å². The minimum atomic E-state index is -0.0871. The molecule has 0 fully saturated rings. The topological polar surface area (TPSA) is 52.9 Å². The molecular formula is C28H29BrN2O4S. The van der Waals surface area contributed by atoms with Crippen molar-refractivity contribution < 1.29 is 19.0 Å². The summed E-state index contributed by atoms with van der Waals surface area (Å²) < 4.78 is 19.7. The number of hydrogen-bond donors (Lipinski definition) is 0. The van der Waals surface area contributed by atoms with Crippen LogP contribution in [0, 0.1) is 6.92 Å². The third kappa shape index (κ3) is 4.06. The van der Waals surface area contributed by atoms with Crippen molar-refractivity contribution in [2.75, 3.05) is 27.9 Å². The third-order valence-electron chi connectivity index (χ3n) is 7.21. The minimum absolute atomic E-state index is 0.0482. The predicted molar refractivity (Wildman–Crippen MR) is 147 cm³/mol. The number of rotatable bonds is 6. The van der Waals surface area contributed by atoms with Gasteiger partial charge < -0.3 is 23.7 Å². The Morgan fingerprint density at radius 2 is 1.86 bits per heavy atom. The number of hydrogen-bond acceptors (Lipinski definition) is 5. The van der Waals surface area contributed by atoms with Crippen LogP contribution in [0.5, 0.6) is 17.2 Å². The molecule has 8 heteroatoms. The molecule has 0 saturated heterocycles. The molecule has 0 N–H and O–H groups in total. The van der Waals surface area contributed by atoms with Gasteiger partial charge in [-0.15, -0.1) is 11.3 Å². The van der Waals surface area contributed by atoms with E-state index in [9.17, 15) is 4.79 Å². The number of ether oxygens (including phenoxy) is 3. The van der Waals surface area contributed by atoms with Gasteiger partial charge in [-0.1, -0.05) is 6.07 Å². The van der Waals surface area contributed by atoms with Crippen molar-refractivity contribution in [2.24, 2.45) is 7.05 Å². The quantitative estimate of drug-likeness (QED) is 0.273. The van der Waals surface area contributed by atoms with Crippen molar-refractivity contribution in [3.05, 3.63) is 73.5 Å². The Labute approximate surface area is 223 Å². The maximum atomic E-state index is 14.3. The lowest BCUT2D eigenvalue weighted by Crippen LogP contribution is -2.40. The molecule has 0 saturated carbocycles. The van der Waals surface area contributed by atoms with Crippen LogP contribution in [0.1, 0.15) is 38.1 Å². The van der Waals surface area contributed by atoms with Gasteiger partial charge in [0.1, 0.15) is 5.75 Å². The van der Waals surface area contributed by atoms with Crippen LogP contribution < -0.4 is 14.2 Å². The van der Waals surface area contributed by atoms with Crippen molar-refractivity contribution in [3.8, 4) is 17.2 Å². The fourth-order valence-electron chi connectivity index (χ4n) is 5.20. The molecule has 1 aliphatic heterocycles. The number of halogens is 1. The van der Waals surface area contributed by atoms with Crippen LogP contribution in [0.25, 0.3) is 10.9 Å². The Hall–Kier alpha value is -2.97. The lowest BCUT2D eigenvalue weighted by molar-refractivity contribution is 0.0665. The first-order valence-electron chi connectivity index (χ1n) is 11.8. The van der Waals surface area contributed by atoms with E-state index in [1.165, 1.54) is 10.4 Å². The molecule has 0 spiro atoms. The number of benzene rings is 2. The molecule has 6 nitrogen and oxygen atoms in total. The first kappa shape index (κ1) is 24.7. The highest BCUT2D eigenvalue weighted by molar-refractivity contribution is 9.10. The van der Waals surface area contributed by atoms with Crippen LogP contribution in [0.3, 0.4) is 0 Å². The second-order valence-corrected chi connectivity index (χ2v) is 10.8. The van der Waals surface area contributed by atoms with Crippen LogP contribution in [-0.2, 0) is 19.9 Å². The highest BCUT2D eigenvalue weighted by atomic mass is 79.9. The third-order valence-corrected chi connectivity index (χ3v) is 9.34. The van der Waals surface area contributed by atoms with E-state index in [1.807, 2.05) is 49.2 Å². The SMILES string of the molecule is COc1ccc2c(c1)c(C(=O)N1CCc3c(Br)csc3C1Cc1ccc(OC)c(OC)c1)c(C)n2C. The number of amides is 1. The summed E-state index contributed by atoms with van der Waals surface area (Å²) in [6.45, 7) is 2.67. The molecule has 1 atom stereocenters. The van der Waals surface area contributed by atoms with E-state index in [1.54, 1.807) is 32.7 Å². The Bertz CT molecular complexity index is 1460. The van der Waals surface area contributed by atoms with E-state index in [2.05, 4.69) is 31.9 Å². The fourth-order valence-corrected chi connectivity index (χ4v) is 7.11. The first-order chi connectivity index (χ1) is 17.4. The largest absolute Gasteiger partial charge is 0.497 e. The highest BCUT2D eigenvalue weighted by Gasteiger charge is 2.35. The molecular weight excluding hydrogens is 540 g/mol. The number of aryl methyl sites for hydroxylation is 1. The summed E-state index contributed by atoms with van der Waals surface area (Å²) >= 11 is 5.44. The minimum Gasteiger partial charge on any atom is -0.497 e. The fraction of sp³-hybridized carbons (Fsp3) is 0.321. The van der Waals surface area contributed by atoms with Crippen LogP contribution in [0.15, 0.2) is 46.3 Å². The number of aromatic nitrogens is 1. The number of carbonyl (C=O) groups excluding carboxylic acids is 1. The summed E-state index contributed by atoms with van der Waals surface area (Å²) in [4.78, 5) is 17.6. The maximum absolute atomic E-state index is 14.3. The van der Waals surface area contributed by atoms with Gasteiger partial charge in [0.15, 0.2) is 11.5 Å². The number of thiophene rings is 1. The van der Waals surface area contributed by atoms with Crippen molar-refractivity contribution in [1.29, 1.82) is 0 Å². The van der Waals surface area contributed by atoms with Crippen LogP contribution in [-0.4, -0.2) is 43.2 Å². The summed E-state index contributed by atoms with van der Waals surface area (Å²) in [6.07, 6.45) is 1.50. The molecule has 36 heavy (non-hydrogen) atoms. The van der Waals surface area contributed by atoms with Crippen molar-refractivity contribution in [1.82, 2.24) is 9.47 Å². The molecule has 2 aromatic carbocycles. The normalized spacial score (nSPS) is 15.2. The van der Waals surface area contributed by atoms with Crippen LogP contribution in [0.2, 0.25) is 0 Å². The zero-order chi connectivity index (χ0) is 25.6. The molecule has 0 radical (unpaired) electrons. The van der Waals surface area contributed by atoms with Crippen molar-refractivity contribution in [2.45, 2.75) is 25.8 Å². The molecule has 4 aromatic rings. The Kier molecular flexibility index (Phi) is 6.74. The zero-order valence-electron chi connectivity index (χ0n) is 21.1. The summed E-state index contributed by atoms with van der Waals surface area (Å²) in [5.74, 6) is 2.17. The zero-order valence-corrected chi connectivity index (χ0v) is 23.5. The summed E-state index contributed by atoms with van der Waals surface area (Å²) in [5, 5.41) is 3.05. The highest BCUT2D eigenvalue weighted by Crippen LogP contribution is 2.43. The Balaban J connectivity index is 1.59. The molecule has 2 aromatic heterocycles. The van der Waals surface area contributed by atoms with Crippen molar-refractivity contribution in [3.63, 3.8) is 0 Å². The lowest BCUT2D eigenvalue weighted by atomic mass is 9.94. The van der Waals surface area contributed by atoms with Gasteiger partial charge in [0.25, 0.3) is 5.91 Å². The summed E-state index contributed by atoms with van der Waals surface area (Å²) in [6, 6.07) is 11.8. The van der Waals surface area contributed by atoms with Gasteiger partial charge in [0, 0.05) is 44.9 Å². The van der Waals surface area contributed by atoms with E-state index in [0.717, 1.165) is 44.4 Å². The van der Waals surface area contributed by atoms with Gasteiger partial charge in [0.05, 0.1) is 32.9 Å². The second-order valence-electron chi connectivity index (χ2n) is 8.99. The lowest BCUT2D eigenvalue weighted by Gasteiger charge is -2.36. The van der Waals surface area contributed by atoms with Gasteiger partial charge in [-0.25, -0.2) is 0 Å². The Morgan fingerprint density at radius 3 is 2.58 bits per heavy atom. The van der Waals surface area contributed by atoms with Crippen LogP contribution >= 0.6 is 27.3 Å². The van der Waals surface area contributed by atoms with Gasteiger partial charge in [-0.3, -0.25) is 4.79 Å². The van der Waals surface area contributed by atoms with E-state index >= 15 is 0 Å². The number of fused-ring (bicyclic) bond motifs is 2. The average molecular weight is 570 g/mol. The second kappa shape index (κ2) is 9.82. The van der Waals surface area contributed by atoms with E-state index in [0.29, 0.717) is 24.5 Å². The van der Waals surface area contributed by atoms with Gasteiger partial charge in [-0.05, 0) is 77.2 Å². The molecule has 1 unspecified atom stereocenters. The smallest absolute Gasteiger partial charge is 0.256 e. The molecule has 1 aliphatic rings. The standard InChI is InChI=1S/C28H29BrN2O4S/c1-16-26(20-14-18(33-3)7-8-22(20)30(16)2)28(32)31-11-10-19-21(29)15-36-27(19)23(31)12-17-6-9-24(34-4)25(13-17)35-5/h6-9,13-15,23H,10-12H2,1-5H3. The Morgan fingerprint density at radius 1 is 1.08 bits per heavy atom. The van der Waals surface area contributed by atoms with Crippen LogP contribution in [0.4, 0.5) is 0 Å². The van der Waals surface area contributed by atoms with E-state index in [-0.39, 0.29) is 11.9 Å². The number of carbonyl (C=O) groups is 1. The average Bonchev–Trinajstić information content (AvgIpc) is 3.40. The van der Waals surface area contributed by atoms with E-state index in [4.69, 9.17) is 14.2 Å². The predicted octanol–water partition coefficient (Wildman–Crippen LogP) is 6.32. The van der Waals surface area contributed by atoms with Crippen molar-refractivity contribution >= 4 is 44.1 Å². The monoisotopic (exact) mass is 568 g/mol. The maximum Gasteiger partial charge on any atom is 0.256 e. The van der Waals surface area contributed by atoms with E-state index < -0.39 is 0 Å². The molecule has 1 amide bonds. The van der Waals surface area contributed by atoms with Gasteiger partial charge in [-0.2, -0.15) is 0 Å². The van der Waals surface area contributed by atoms with Gasteiger partial charge in [0.2, 0.25) is 0 Å². The summed E-state index contributed by atoms with van der Waals surface area (Å²) in [5.41, 5.74) is 5.09. The summed E-state index contributed by atoms with van der Waals surface area (Å²) in [7, 11) is 6.94.